The van der Waals surface area contributed by atoms with E-state index in [4.69, 9.17) is 0 Å². The van der Waals surface area contributed by atoms with Gasteiger partial charge in [0.25, 0.3) is 5.91 Å². The minimum atomic E-state index is -0.434. The summed E-state index contributed by atoms with van der Waals surface area (Å²) in [5.41, 5.74) is 2.18. The zero-order chi connectivity index (χ0) is 17.8. The maximum absolute atomic E-state index is 12.7. The van der Waals surface area contributed by atoms with Crippen LogP contribution in [0, 0.1) is 3.57 Å². The van der Waals surface area contributed by atoms with Gasteiger partial charge in [-0.15, -0.1) is 0 Å². The fourth-order valence-electron chi connectivity index (χ4n) is 2.76. The quantitative estimate of drug-likeness (QED) is 0.520. The summed E-state index contributed by atoms with van der Waals surface area (Å²) in [6, 6.07) is 17.7. The van der Waals surface area contributed by atoms with E-state index in [9.17, 15) is 9.18 Å². The van der Waals surface area contributed by atoms with E-state index in [1.54, 1.807) is 7.05 Å². The number of nitrogens with zero attached hydrogens (tertiary/aromatic N) is 2. The van der Waals surface area contributed by atoms with Gasteiger partial charge in [0.2, 0.25) is 0 Å². The predicted octanol–water partition coefficient (Wildman–Crippen LogP) is 4.94. The lowest BCUT2D eigenvalue weighted by molar-refractivity contribution is 0.0786. The van der Waals surface area contributed by atoms with Crippen LogP contribution < -0.4 is 0 Å². The van der Waals surface area contributed by atoms with Gasteiger partial charge < -0.3 is 4.90 Å². The van der Waals surface area contributed by atoms with Crippen molar-refractivity contribution in [3.05, 3.63) is 63.9 Å². The van der Waals surface area contributed by atoms with Crippen molar-refractivity contribution in [2.45, 2.75) is 6.42 Å². The number of alkyl halides is 1. The highest BCUT2D eigenvalue weighted by Gasteiger charge is 2.17. The molecule has 3 rings (SSSR count). The third kappa shape index (κ3) is 3.81. The molecule has 25 heavy (non-hydrogen) atoms. The highest BCUT2D eigenvalue weighted by molar-refractivity contribution is 14.1. The second kappa shape index (κ2) is 7.91. The van der Waals surface area contributed by atoms with Crippen LogP contribution in [0.4, 0.5) is 4.39 Å². The number of carbonyl (C=O) groups excluding carboxylic acids is 1. The Bertz CT molecular complexity index is 913. The molecule has 1 amide bonds. The van der Waals surface area contributed by atoms with Gasteiger partial charge in [0.05, 0.1) is 12.4 Å². The number of amides is 1. The largest absolute Gasteiger partial charge is 0.340 e. The molecule has 0 unspecified atom stereocenters. The molecule has 0 fully saturated rings. The van der Waals surface area contributed by atoms with Crippen LogP contribution in [-0.4, -0.2) is 36.1 Å². The lowest BCUT2D eigenvalue weighted by Crippen LogP contribution is -2.28. The molecule has 5 heteroatoms. The molecule has 3 nitrogen and oxygen atoms in total. The summed E-state index contributed by atoms with van der Waals surface area (Å²) < 4.78 is 13.5. The minimum absolute atomic E-state index is 0.189. The van der Waals surface area contributed by atoms with Crippen molar-refractivity contribution < 1.29 is 9.18 Å². The van der Waals surface area contributed by atoms with Gasteiger partial charge in [0.15, 0.2) is 0 Å². The number of benzene rings is 2. The third-order valence-corrected chi connectivity index (χ3v) is 5.00. The molecule has 2 aromatic carbocycles. The number of hydrogen-bond donors (Lipinski definition) is 0. The number of pyridine rings is 1. The Balaban J connectivity index is 2.13. The van der Waals surface area contributed by atoms with Crippen molar-refractivity contribution in [2.75, 3.05) is 20.3 Å². The first kappa shape index (κ1) is 17.8. The molecule has 3 aromatic rings. The molecule has 128 valence electrons. The van der Waals surface area contributed by atoms with Crippen LogP contribution in [0.25, 0.3) is 22.0 Å². The molecule has 0 spiro atoms. The lowest BCUT2D eigenvalue weighted by Gasteiger charge is -2.17. The van der Waals surface area contributed by atoms with E-state index in [0.717, 1.165) is 25.6 Å². The van der Waals surface area contributed by atoms with Crippen LogP contribution in [0.3, 0.4) is 0 Å². The molecule has 0 saturated heterocycles. The van der Waals surface area contributed by atoms with E-state index in [1.165, 1.54) is 4.90 Å². The van der Waals surface area contributed by atoms with Crippen LogP contribution in [0.5, 0.6) is 0 Å². The highest BCUT2D eigenvalue weighted by Crippen LogP contribution is 2.31. The average Bonchev–Trinajstić information content (AvgIpc) is 2.65. The Morgan fingerprint density at radius 2 is 1.88 bits per heavy atom. The SMILES string of the molecule is CN(CCC[18F])C(=O)c1cc2ccccc2c(-c2ccccc2I)n1. The van der Waals surface area contributed by atoms with Crippen molar-refractivity contribution in [2.24, 2.45) is 0 Å². The fourth-order valence-corrected chi connectivity index (χ4v) is 3.40. The summed E-state index contributed by atoms with van der Waals surface area (Å²) in [7, 11) is 1.68. The monoisotopic (exact) mass is 447 g/mol. The molecule has 0 radical (unpaired) electrons. The Morgan fingerprint density at radius 3 is 2.64 bits per heavy atom. The summed E-state index contributed by atoms with van der Waals surface area (Å²) in [5, 5.41) is 1.98. The molecule has 0 atom stereocenters. The normalized spacial score (nSPS) is 10.8. The summed E-state index contributed by atoms with van der Waals surface area (Å²) >= 11 is 2.28. The van der Waals surface area contributed by atoms with Crippen molar-refractivity contribution >= 4 is 39.3 Å². The maximum Gasteiger partial charge on any atom is 0.272 e. The second-order valence-electron chi connectivity index (χ2n) is 5.83. The van der Waals surface area contributed by atoms with E-state index in [1.807, 2.05) is 54.6 Å². The van der Waals surface area contributed by atoms with Crippen LogP contribution in [0.15, 0.2) is 54.6 Å². The summed E-state index contributed by atoms with van der Waals surface area (Å²) in [6.45, 7) is -0.0573. The van der Waals surface area contributed by atoms with E-state index in [2.05, 4.69) is 27.6 Å². The number of fused-ring (bicyclic) bond motifs is 1. The van der Waals surface area contributed by atoms with Crippen molar-refractivity contribution in [3.63, 3.8) is 0 Å². The molecule has 1 heterocycles. The summed E-state index contributed by atoms with van der Waals surface area (Å²) in [4.78, 5) is 18.9. The molecule has 1 aromatic heterocycles. The van der Waals surface area contributed by atoms with Gasteiger partial charge in [0, 0.05) is 28.1 Å². The second-order valence-corrected chi connectivity index (χ2v) is 6.99. The summed E-state index contributed by atoms with van der Waals surface area (Å²) in [6.07, 6.45) is 0.333. The molecule has 0 bridgehead atoms. The van der Waals surface area contributed by atoms with Gasteiger partial charge in [-0.25, -0.2) is 4.98 Å². The van der Waals surface area contributed by atoms with Crippen LogP contribution in [-0.2, 0) is 0 Å². The van der Waals surface area contributed by atoms with Gasteiger partial charge in [-0.05, 0) is 46.5 Å². The first-order chi connectivity index (χ1) is 12.1. The standard InChI is InChI=1S/C20H18FIN2O/c1-24(12-6-11-21)20(25)18-13-14-7-2-3-8-15(14)19(23-18)16-9-4-5-10-17(16)22/h2-5,7-10,13H,6,11-12H2,1H3/i21-1. The van der Waals surface area contributed by atoms with E-state index < -0.39 is 6.67 Å². The van der Waals surface area contributed by atoms with Gasteiger partial charge in [0.1, 0.15) is 5.69 Å². The van der Waals surface area contributed by atoms with E-state index in [-0.39, 0.29) is 5.91 Å². The van der Waals surface area contributed by atoms with E-state index in [0.29, 0.717) is 18.7 Å². The topological polar surface area (TPSA) is 33.2 Å². The Morgan fingerprint density at radius 1 is 1.16 bits per heavy atom. The van der Waals surface area contributed by atoms with Crippen molar-refractivity contribution in [1.82, 2.24) is 9.88 Å². The molecular weight excluding hydrogens is 429 g/mol. The predicted molar refractivity (Wildman–Crippen MR) is 107 cm³/mol. The molecule has 0 aliphatic rings. The highest BCUT2D eigenvalue weighted by atomic mass is 127. The first-order valence-electron chi connectivity index (χ1n) is 8.08. The maximum atomic E-state index is 12.7. The molecule has 0 saturated carbocycles. The Kier molecular flexibility index (Phi) is 5.63. The zero-order valence-corrected chi connectivity index (χ0v) is 16.0. The molecule has 0 N–H and O–H groups in total. The minimum Gasteiger partial charge on any atom is -0.340 e. The fraction of sp³-hybridized carbons (Fsp3) is 0.200. The van der Waals surface area contributed by atoms with Crippen LogP contribution >= 0.6 is 22.6 Å². The number of hydrogen-bond acceptors (Lipinski definition) is 2. The number of aromatic nitrogens is 1. The van der Waals surface area contributed by atoms with Gasteiger partial charge in [-0.3, -0.25) is 9.18 Å². The average molecular weight is 447 g/mol. The van der Waals surface area contributed by atoms with Crippen molar-refractivity contribution in [3.8, 4) is 11.3 Å². The number of carbonyl (C=O) groups is 1. The van der Waals surface area contributed by atoms with Crippen LogP contribution in [0.1, 0.15) is 16.9 Å². The smallest absolute Gasteiger partial charge is 0.272 e. The van der Waals surface area contributed by atoms with Crippen molar-refractivity contribution in [1.29, 1.82) is 0 Å². The van der Waals surface area contributed by atoms with Gasteiger partial charge in [-0.1, -0.05) is 42.5 Å². The lowest BCUT2D eigenvalue weighted by atomic mass is 10.0. The Labute approximate surface area is 160 Å². The van der Waals surface area contributed by atoms with E-state index >= 15 is 0 Å². The summed E-state index contributed by atoms with van der Waals surface area (Å²) in [5.74, 6) is -0.189. The Hall–Kier alpha value is -2.02. The molecule has 0 aliphatic heterocycles. The first-order valence-corrected chi connectivity index (χ1v) is 9.16. The zero-order valence-electron chi connectivity index (χ0n) is 13.9. The van der Waals surface area contributed by atoms with Crippen LogP contribution in [0.2, 0.25) is 0 Å². The van der Waals surface area contributed by atoms with Gasteiger partial charge >= 0.3 is 0 Å². The third-order valence-electron chi connectivity index (χ3n) is 4.06. The van der Waals surface area contributed by atoms with Gasteiger partial charge in [-0.2, -0.15) is 0 Å². The molecular formula is C20H18FIN2O. The molecule has 0 aliphatic carbocycles. The number of rotatable bonds is 5. The number of halogens is 2.